The number of unbranched alkanes of at least 4 members (excludes halogenated alkanes) is 1. The van der Waals surface area contributed by atoms with Gasteiger partial charge in [0.05, 0.1) is 5.39 Å². The van der Waals surface area contributed by atoms with Crippen LogP contribution in [0.2, 0.25) is 0 Å². The number of aryl methyl sites for hydroxylation is 1. The van der Waals surface area contributed by atoms with Crippen molar-refractivity contribution < 1.29 is 4.79 Å². The zero-order valence-electron chi connectivity index (χ0n) is 18.0. The highest BCUT2D eigenvalue weighted by molar-refractivity contribution is 7.13. The van der Waals surface area contributed by atoms with E-state index in [4.69, 9.17) is 4.98 Å². The lowest BCUT2D eigenvalue weighted by molar-refractivity contribution is 0.0942. The van der Waals surface area contributed by atoms with E-state index in [-0.39, 0.29) is 17.5 Å². The molecule has 4 aromatic heterocycles. The predicted octanol–water partition coefficient (Wildman–Crippen LogP) is 3.30. The Morgan fingerprint density at radius 1 is 1.34 bits per heavy atom. The molecule has 0 spiro atoms. The second-order valence-electron chi connectivity index (χ2n) is 8.13. The van der Waals surface area contributed by atoms with Gasteiger partial charge in [-0.05, 0) is 37.5 Å². The Bertz CT molecular complexity index is 1310. The van der Waals surface area contributed by atoms with Crippen LogP contribution in [-0.2, 0) is 6.54 Å². The highest BCUT2D eigenvalue weighted by atomic mass is 32.1. The first-order valence-corrected chi connectivity index (χ1v) is 12.0. The van der Waals surface area contributed by atoms with Crippen molar-refractivity contribution in [1.29, 1.82) is 0 Å². The lowest BCUT2D eigenvalue weighted by Gasteiger charge is -2.24. The van der Waals surface area contributed by atoms with Gasteiger partial charge >= 0.3 is 0 Å². The first-order chi connectivity index (χ1) is 15.7. The van der Waals surface area contributed by atoms with Crippen LogP contribution in [0.4, 0.5) is 5.13 Å². The third-order valence-corrected chi connectivity index (χ3v) is 6.89. The van der Waals surface area contributed by atoms with Crippen molar-refractivity contribution in [3.8, 4) is 0 Å². The molecule has 8 nitrogen and oxygen atoms in total. The Kier molecular flexibility index (Phi) is 5.65. The number of anilines is 1. The molecule has 1 unspecified atom stereocenters. The zero-order valence-corrected chi connectivity index (χ0v) is 18.8. The van der Waals surface area contributed by atoms with Gasteiger partial charge in [-0.25, -0.2) is 9.97 Å². The lowest BCUT2D eigenvalue weighted by atomic mass is 10.2. The molecule has 9 heteroatoms. The van der Waals surface area contributed by atoms with Crippen LogP contribution in [0.15, 0.2) is 46.8 Å². The number of carbonyl (C=O) groups is 1. The second-order valence-corrected chi connectivity index (χ2v) is 9.01. The van der Waals surface area contributed by atoms with Crippen molar-refractivity contribution in [1.82, 2.24) is 24.3 Å². The number of hydrogen-bond acceptors (Lipinski definition) is 6. The second kappa shape index (κ2) is 8.74. The minimum Gasteiger partial charge on any atom is -0.349 e. The number of amides is 1. The Labute approximate surface area is 189 Å². The van der Waals surface area contributed by atoms with Gasteiger partial charge in [0.15, 0.2) is 5.13 Å². The van der Waals surface area contributed by atoms with Gasteiger partial charge in [0.25, 0.3) is 11.5 Å². The van der Waals surface area contributed by atoms with Crippen molar-refractivity contribution in [2.75, 3.05) is 18.0 Å². The number of carbonyl (C=O) groups excluding carboxylic acids is 1. The lowest BCUT2D eigenvalue weighted by Crippen LogP contribution is -2.40. The fraction of sp³-hybridized carbons (Fsp3) is 0.391. The van der Waals surface area contributed by atoms with E-state index in [2.05, 4.69) is 22.1 Å². The minimum atomic E-state index is -0.168. The van der Waals surface area contributed by atoms with Gasteiger partial charge in [-0.2, -0.15) is 0 Å². The fourth-order valence-corrected chi connectivity index (χ4v) is 5.18. The molecule has 4 aromatic rings. The highest BCUT2D eigenvalue weighted by Gasteiger charge is 2.27. The third-order valence-electron chi connectivity index (χ3n) is 6.08. The van der Waals surface area contributed by atoms with E-state index >= 15 is 0 Å². The maximum Gasteiger partial charge on any atom is 0.268 e. The van der Waals surface area contributed by atoms with Crippen LogP contribution >= 0.6 is 11.3 Å². The van der Waals surface area contributed by atoms with Gasteiger partial charge < -0.3 is 14.8 Å². The summed E-state index contributed by atoms with van der Waals surface area (Å²) in [6, 6.07) is 7.40. The van der Waals surface area contributed by atoms with Gasteiger partial charge in [0.1, 0.15) is 17.0 Å². The summed E-state index contributed by atoms with van der Waals surface area (Å²) < 4.78 is 3.43. The molecule has 0 radical (unpaired) electrons. The maximum atomic E-state index is 13.3. The van der Waals surface area contributed by atoms with Gasteiger partial charge in [-0.1, -0.05) is 19.4 Å². The SMILES string of the molecule is CCCCn1c(C(=O)NCC2CCCN2c2nccs2)cc2c(=O)n3ccccc3nc21. The highest BCUT2D eigenvalue weighted by Crippen LogP contribution is 2.27. The third kappa shape index (κ3) is 3.66. The summed E-state index contributed by atoms with van der Waals surface area (Å²) in [5, 5.41) is 6.56. The van der Waals surface area contributed by atoms with Crippen molar-refractivity contribution >= 4 is 39.1 Å². The molecular weight excluding hydrogens is 424 g/mol. The fourth-order valence-electron chi connectivity index (χ4n) is 4.44. The molecule has 0 saturated carbocycles. The van der Waals surface area contributed by atoms with Gasteiger partial charge in [-0.15, -0.1) is 11.3 Å². The van der Waals surface area contributed by atoms with E-state index in [9.17, 15) is 9.59 Å². The van der Waals surface area contributed by atoms with E-state index in [1.807, 2.05) is 28.3 Å². The Morgan fingerprint density at radius 2 is 2.25 bits per heavy atom. The number of aromatic nitrogens is 4. The molecule has 32 heavy (non-hydrogen) atoms. The molecule has 1 N–H and O–H groups in total. The van der Waals surface area contributed by atoms with Crippen molar-refractivity contribution in [3.05, 3.63) is 58.1 Å². The van der Waals surface area contributed by atoms with E-state index in [1.54, 1.807) is 29.7 Å². The number of hydrogen-bond donors (Lipinski definition) is 1. The Hall–Kier alpha value is -3.20. The first kappa shape index (κ1) is 20.7. The molecule has 0 aromatic carbocycles. The average molecular weight is 451 g/mol. The van der Waals surface area contributed by atoms with Crippen LogP contribution in [0, 0.1) is 0 Å². The summed E-state index contributed by atoms with van der Waals surface area (Å²) in [5.74, 6) is -0.168. The summed E-state index contributed by atoms with van der Waals surface area (Å²) in [5.41, 5.74) is 1.50. The Balaban J connectivity index is 1.45. The smallest absolute Gasteiger partial charge is 0.268 e. The predicted molar refractivity (Wildman–Crippen MR) is 127 cm³/mol. The molecule has 1 aliphatic rings. The Morgan fingerprint density at radius 3 is 3.06 bits per heavy atom. The summed E-state index contributed by atoms with van der Waals surface area (Å²) in [6.45, 7) is 4.25. The van der Waals surface area contributed by atoms with Gasteiger partial charge in [0.2, 0.25) is 0 Å². The number of rotatable bonds is 7. The molecule has 166 valence electrons. The monoisotopic (exact) mass is 450 g/mol. The molecule has 1 amide bonds. The standard InChI is InChI=1S/C23H26N6O2S/c1-2-3-10-28-18(14-17-20(28)26-19-8-4-5-11-29(19)22(17)31)21(30)25-15-16-7-6-12-27(16)23-24-9-13-32-23/h4-5,8-9,11,13-14,16H,2-3,6-7,10,12,15H2,1H3,(H,25,30). The number of nitrogens with one attached hydrogen (secondary N) is 1. The summed E-state index contributed by atoms with van der Waals surface area (Å²) in [4.78, 5) is 37.7. The quantitative estimate of drug-likeness (QED) is 0.467. The molecule has 1 saturated heterocycles. The van der Waals surface area contributed by atoms with E-state index in [1.165, 1.54) is 4.40 Å². The summed E-state index contributed by atoms with van der Waals surface area (Å²) in [6.07, 6.45) is 7.52. The van der Waals surface area contributed by atoms with Gasteiger partial charge in [0, 0.05) is 43.4 Å². The molecule has 5 rings (SSSR count). The van der Waals surface area contributed by atoms with Crippen LogP contribution in [0.25, 0.3) is 16.7 Å². The maximum absolute atomic E-state index is 13.3. The van der Waals surface area contributed by atoms with Crippen LogP contribution in [0.5, 0.6) is 0 Å². The van der Waals surface area contributed by atoms with Gasteiger partial charge in [-0.3, -0.25) is 14.0 Å². The minimum absolute atomic E-state index is 0.152. The summed E-state index contributed by atoms with van der Waals surface area (Å²) >= 11 is 1.62. The van der Waals surface area contributed by atoms with Crippen LogP contribution < -0.4 is 15.8 Å². The molecule has 0 aliphatic carbocycles. The normalized spacial score (nSPS) is 16.3. The molecule has 1 atom stereocenters. The number of pyridine rings is 1. The zero-order chi connectivity index (χ0) is 22.1. The summed E-state index contributed by atoms with van der Waals surface area (Å²) in [7, 11) is 0. The molecular formula is C23H26N6O2S. The van der Waals surface area contributed by atoms with Crippen molar-refractivity contribution in [2.45, 2.75) is 45.2 Å². The largest absolute Gasteiger partial charge is 0.349 e. The van der Waals surface area contributed by atoms with Crippen molar-refractivity contribution in [3.63, 3.8) is 0 Å². The van der Waals surface area contributed by atoms with Crippen LogP contribution in [0.1, 0.15) is 43.1 Å². The average Bonchev–Trinajstić information content (AvgIpc) is 3.56. The van der Waals surface area contributed by atoms with Crippen LogP contribution in [0.3, 0.4) is 0 Å². The molecule has 1 fully saturated rings. The van der Waals surface area contributed by atoms with E-state index in [0.717, 1.165) is 37.4 Å². The molecule has 5 heterocycles. The molecule has 1 aliphatic heterocycles. The van der Waals surface area contributed by atoms with Crippen LogP contribution in [-0.4, -0.2) is 44.0 Å². The van der Waals surface area contributed by atoms with E-state index < -0.39 is 0 Å². The van der Waals surface area contributed by atoms with Crippen molar-refractivity contribution in [2.24, 2.45) is 0 Å². The number of fused-ring (bicyclic) bond motifs is 2. The topological polar surface area (TPSA) is 84.5 Å². The first-order valence-electron chi connectivity index (χ1n) is 11.1. The number of nitrogens with zero attached hydrogens (tertiary/aromatic N) is 5. The van der Waals surface area contributed by atoms with E-state index in [0.29, 0.717) is 35.5 Å². The number of thiazole rings is 1. The molecule has 0 bridgehead atoms.